The van der Waals surface area contributed by atoms with E-state index in [1.807, 2.05) is 47.4 Å². The van der Waals surface area contributed by atoms with Gasteiger partial charge in [-0.15, -0.1) is 12.4 Å². The highest BCUT2D eigenvalue weighted by Gasteiger charge is 2.24. The van der Waals surface area contributed by atoms with Gasteiger partial charge in [0.2, 0.25) is 11.8 Å². The van der Waals surface area contributed by atoms with E-state index in [4.69, 9.17) is 0 Å². The predicted molar refractivity (Wildman–Crippen MR) is 114 cm³/mol. The summed E-state index contributed by atoms with van der Waals surface area (Å²) in [6.45, 7) is 1.65. The summed E-state index contributed by atoms with van der Waals surface area (Å²) in [5, 5.41) is 6.22. The fourth-order valence-electron chi connectivity index (χ4n) is 3.88. The number of anilines is 2. The number of benzene rings is 2. The first kappa shape index (κ1) is 20.4. The van der Waals surface area contributed by atoms with Crippen molar-refractivity contribution < 1.29 is 9.59 Å². The molecule has 0 aliphatic carbocycles. The predicted octanol–water partition coefficient (Wildman–Crippen LogP) is 3.32. The first-order valence-corrected chi connectivity index (χ1v) is 9.72. The standard InChI is InChI=1S/C22H25N3O2.ClH/c26-21(25-14-12-17-5-1-2-7-20(17)25)15-16-8-10-18(11-9-16)24-22(27)19-6-3-4-13-23-19;/h1-2,5,7-11,19,23H,3-4,6,12-15H2,(H,24,27);1H. The fraction of sp³-hybridized carbons (Fsp3) is 0.364. The van der Waals surface area contributed by atoms with E-state index in [1.54, 1.807) is 0 Å². The second kappa shape index (κ2) is 9.22. The first-order valence-electron chi connectivity index (χ1n) is 9.72. The number of carbonyl (C=O) groups is 2. The van der Waals surface area contributed by atoms with E-state index in [9.17, 15) is 9.59 Å². The number of para-hydroxylation sites is 1. The molecule has 0 radical (unpaired) electrons. The molecule has 1 atom stereocenters. The molecule has 2 aliphatic heterocycles. The van der Waals surface area contributed by atoms with Gasteiger partial charge in [-0.3, -0.25) is 9.59 Å². The number of piperidine rings is 1. The average molecular weight is 400 g/mol. The zero-order valence-corrected chi connectivity index (χ0v) is 16.6. The molecule has 2 aliphatic rings. The third-order valence-electron chi connectivity index (χ3n) is 5.39. The fourth-order valence-corrected chi connectivity index (χ4v) is 3.88. The number of fused-ring (bicyclic) bond motifs is 1. The van der Waals surface area contributed by atoms with Gasteiger partial charge < -0.3 is 15.5 Å². The van der Waals surface area contributed by atoms with Gasteiger partial charge >= 0.3 is 0 Å². The third kappa shape index (κ3) is 4.54. The molecule has 28 heavy (non-hydrogen) atoms. The number of rotatable bonds is 4. The maximum atomic E-state index is 12.7. The second-order valence-corrected chi connectivity index (χ2v) is 7.29. The lowest BCUT2D eigenvalue weighted by molar-refractivity contribution is -0.119. The van der Waals surface area contributed by atoms with E-state index in [2.05, 4.69) is 16.7 Å². The molecule has 2 aromatic rings. The van der Waals surface area contributed by atoms with Crippen molar-refractivity contribution in [3.63, 3.8) is 0 Å². The summed E-state index contributed by atoms with van der Waals surface area (Å²) in [4.78, 5) is 26.9. The monoisotopic (exact) mass is 399 g/mol. The summed E-state index contributed by atoms with van der Waals surface area (Å²) < 4.78 is 0. The van der Waals surface area contributed by atoms with Gasteiger partial charge in [0.05, 0.1) is 12.5 Å². The van der Waals surface area contributed by atoms with Crippen molar-refractivity contribution in [2.45, 2.75) is 38.1 Å². The van der Waals surface area contributed by atoms with Crippen molar-refractivity contribution in [1.82, 2.24) is 5.32 Å². The van der Waals surface area contributed by atoms with E-state index in [-0.39, 0.29) is 30.3 Å². The smallest absolute Gasteiger partial charge is 0.241 e. The normalized spacial score (nSPS) is 18.1. The highest BCUT2D eigenvalue weighted by Crippen LogP contribution is 2.28. The lowest BCUT2D eigenvalue weighted by Gasteiger charge is -2.22. The van der Waals surface area contributed by atoms with Gasteiger partial charge in [-0.25, -0.2) is 0 Å². The maximum absolute atomic E-state index is 12.7. The van der Waals surface area contributed by atoms with E-state index in [0.29, 0.717) is 6.42 Å². The van der Waals surface area contributed by atoms with Crippen LogP contribution in [0, 0.1) is 0 Å². The number of hydrogen-bond donors (Lipinski definition) is 2. The number of carbonyl (C=O) groups excluding carboxylic acids is 2. The van der Waals surface area contributed by atoms with Crippen LogP contribution in [0.25, 0.3) is 0 Å². The molecule has 0 bridgehead atoms. The molecule has 4 rings (SSSR count). The van der Waals surface area contributed by atoms with Gasteiger partial charge in [0, 0.05) is 17.9 Å². The molecular formula is C22H26ClN3O2. The molecule has 0 aromatic heterocycles. The van der Waals surface area contributed by atoms with Crippen LogP contribution >= 0.6 is 12.4 Å². The molecule has 1 fully saturated rings. The van der Waals surface area contributed by atoms with Crippen molar-refractivity contribution in [3.05, 3.63) is 59.7 Å². The number of amides is 2. The van der Waals surface area contributed by atoms with Crippen LogP contribution in [0.2, 0.25) is 0 Å². The van der Waals surface area contributed by atoms with Crippen LogP contribution < -0.4 is 15.5 Å². The van der Waals surface area contributed by atoms with Crippen molar-refractivity contribution in [2.75, 3.05) is 23.3 Å². The Morgan fingerprint density at radius 2 is 1.86 bits per heavy atom. The van der Waals surface area contributed by atoms with Crippen molar-refractivity contribution in [3.8, 4) is 0 Å². The Morgan fingerprint density at radius 1 is 1.07 bits per heavy atom. The Morgan fingerprint density at radius 3 is 2.61 bits per heavy atom. The quantitative estimate of drug-likeness (QED) is 0.829. The second-order valence-electron chi connectivity index (χ2n) is 7.29. The molecule has 6 heteroatoms. The van der Waals surface area contributed by atoms with Crippen LogP contribution in [0.15, 0.2) is 48.5 Å². The van der Waals surface area contributed by atoms with Crippen molar-refractivity contribution >= 4 is 35.6 Å². The average Bonchev–Trinajstić information content (AvgIpc) is 3.14. The highest BCUT2D eigenvalue weighted by molar-refractivity contribution is 5.97. The van der Waals surface area contributed by atoms with Crippen molar-refractivity contribution in [2.24, 2.45) is 0 Å². The number of halogens is 1. The van der Waals surface area contributed by atoms with Gasteiger partial charge in [0.25, 0.3) is 0 Å². The van der Waals surface area contributed by atoms with Crippen LogP contribution in [-0.2, 0) is 22.4 Å². The molecule has 1 saturated heterocycles. The molecule has 2 N–H and O–H groups in total. The molecule has 5 nitrogen and oxygen atoms in total. The molecule has 0 saturated carbocycles. The van der Waals surface area contributed by atoms with Crippen LogP contribution in [0.1, 0.15) is 30.4 Å². The lowest BCUT2D eigenvalue weighted by atomic mass is 10.0. The van der Waals surface area contributed by atoms with Crippen LogP contribution in [-0.4, -0.2) is 30.9 Å². The molecule has 2 heterocycles. The maximum Gasteiger partial charge on any atom is 0.241 e. The van der Waals surface area contributed by atoms with Crippen LogP contribution in [0.5, 0.6) is 0 Å². The SMILES string of the molecule is Cl.O=C(Nc1ccc(CC(=O)N2CCc3ccccc32)cc1)C1CCCCN1. The number of hydrogen-bond acceptors (Lipinski definition) is 3. The number of nitrogens with one attached hydrogen (secondary N) is 2. The summed E-state index contributed by atoms with van der Waals surface area (Å²) in [5.74, 6) is 0.135. The van der Waals surface area contributed by atoms with Crippen molar-refractivity contribution in [1.29, 1.82) is 0 Å². The van der Waals surface area contributed by atoms with E-state index < -0.39 is 0 Å². The minimum atomic E-state index is -0.102. The molecule has 2 aromatic carbocycles. The zero-order valence-electron chi connectivity index (χ0n) is 15.8. The van der Waals surface area contributed by atoms with Gasteiger partial charge in [0.1, 0.15) is 0 Å². The molecule has 1 unspecified atom stereocenters. The lowest BCUT2D eigenvalue weighted by Crippen LogP contribution is -2.43. The summed E-state index contributed by atoms with van der Waals surface area (Å²) >= 11 is 0. The van der Waals surface area contributed by atoms with Gasteiger partial charge in [-0.2, -0.15) is 0 Å². The summed E-state index contributed by atoms with van der Waals surface area (Å²) in [6, 6.07) is 15.6. The Hall–Kier alpha value is -2.37. The highest BCUT2D eigenvalue weighted by atomic mass is 35.5. The molecular weight excluding hydrogens is 374 g/mol. The topological polar surface area (TPSA) is 61.4 Å². The van der Waals surface area contributed by atoms with Gasteiger partial charge in [0.15, 0.2) is 0 Å². The minimum absolute atomic E-state index is 0. The Kier molecular flexibility index (Phi) is 6.70. The first-order chi connectivity index (χ1) is 13.2. The molecule has 0 spiro atoms. The Labute approximate surface area is 171 Å². The minimum Gasteiger partial charge on any atom is -0.325 e. The summed E-state index contributed by atoms with van der Waals surface area (Å²) in [6.07, 6.45) is 4.39. The van der Waals surface area contributed by atoms with Crippen LogP contribution in [0.3, 0.4) is 0 Å². The number of nitrogens with zero attached hydrogens (tertiary/aromatic N) is 1. The summed E-state index contributed by atoms with van der Waals surface area (Å²) in [7, 11) is 0. The van der Waals surface area contributed by atoms with E-state index in [0.717, 1.165) is 55.7 Å². The van der Waals surface area contributed by atoms with Gasteiger partial charge in [-0.1, -0.05) is 36.8 Å². The molecule has 148 valence electrons. The molecule has 2 amide bonds. The largest absolute Gasteiger partial charge is 0.325 e. The van der Waals surface area contributed by atoms with E-state index >= 15 is 0 Å². The Bertz CT molecular complexity index is 832. The Balaban J connectivity index is 0.00000225. The zero-order chi connectivity index (χ0) is 18.6. The summed E-state index contributed by atoms with van der Waals surface area (Å²) in [5.41, 5.74) is 4.00. The van der Waals surface area contributed by atoms with Gasteiger partial charge in [-0.05, 0) is 55.1 Å². The van der Waals surface area contributed by atoms with E-state index in [1.165, 1.54) is 5.56 Å². The third-order valence-corrected chi connectivity index (χ3v) is 5.39. The van der Waals surface area contributed by atoms with Crippen LogP contribution in [0.4, 0.5) is 11.4 Å².